The molecule has 3 aromatic rings. The van der Waals surface area contributed by atoms with Gasteiger partial charge in [-0.2, -0.15) is 11.8 Å². The minimum absolute atomic E-state index is 0.0188. The van der Waals surface area contributed by atoms with Crippen molar-refractivity contribution in [2.24, 2.45) is 0 Å². The van der Waals surface area contributed by atoms with Crippen molar-refractivity contribution in [2.75, 3.05) is 47.5 Å². The van der Waals surface area contributed by atoms with E-state index in [1.54, 1.807) is 6.20 Å². The number of rotatable bonds is 6. The number of carbonyl (C=O) groups excluding carboxylic acids is 1. The molecule has 0 unspecified atom stereocenters. The lowest BCUT2D eigenvalue weighted by atomic mass is 10.1. The zero-order valence-corrected chi connectivity index (χ0v) is 17.4. The number of anilines is 4. The van der Waals surface area contributed by atoms with Crippen LogP contribution in [-0.4, -0.2) is 51.9 Å². The zero-order chi connectivity index (χ0) is 20.8. The number of benzene rings is 2. The second-order valence-corrected chi connectivity index (χ2v) is 8.25. The number of hydrogen-bond donors (Lipinski definition) is 3. The molecule has 7 nitrogen and oxygen atoms in total. The number of nitrogens with two attached hydrogens (primary N) is 1. The number of thioether (sulfide) groups is 1. The first-order chi connectivity index (χ1) is 14.7. The fourth-order valence-electron chi connectivity index (χ4n) is 3.21. The van der Waals surface area contributed by atoms with Crippen LogP contribution in [0.25, 0.3) is 11.3 Å². The number of amides is 1. The van der Waals surface area contributed by atoms with Gasteiger partial charge in [-0.1, -0.05) is 18.2 Å². The predicted molar refractivity (Wildman–Crippen MR) is 124 cm³/mol. The Bertz CT molecular complexity index is 1000. The van der Waals surface area contributed by atoms with Crippen LogP contribution in [0.2, 0.25) is 0 Å². The van der Waals surface area contributed by atoms with Gasteiger partial charge in [-0.3, -0.25) is 9.69 Å². The molecule has 0 atom stereocenters. The molecule has 1 amide bonds. The molecular formula is C22H24N6OS. The van der Waals surface area contributed by atoms with E-state index in [4.69, 9.17) is 5.73 Å². The van der Waals surface area contributed by atoms with Crippen LogP contribution in [0, 0.1) is 0 Å². The molecule has 0 spiro atoms. The quantitative estimate of drug-likeness (QED) is 0.526. The maximum Gasteiger partial charge on any atom is 0.238 e. The Morgan fingerprint density at radius 2 is 1.87 bits per heavy atom. The minimum atomic E-state index is 0.0188. The number of nitrogen functional groups attached to an aromatic ring is 1. The van der Waals surface area contributed by atoms with Crippen molar-refractivity contribution in [3.8, 4) is 11.3 Å². The van der Waals surface area contributed by atoms with Crippen LogP contribution in [0.1, 0.15) is 0 Å². The summed E-state index contributed by atoms with van der Waals surface area (Å²) in [5, 5.41) is 6.14. The van der Waals surface area contributed by atoms with Gasteiger partial charge in [0.25, 0.3) is 0 Å². The van der Waals surface area contributed by atoms with E-state index in [0.717, 1.165) is 47.2 Å². The lowest BCUT2D eigenvalue weighted by molar-refractivity contribution is -0.117. The van der Waals surface area contributed by atoms with Crippen LogP contribution in [0.3, 0.4) is 0 Å². The second kappa shape index (κ2) is 9.60. The Balaban J connectivity index is 1.39. The van der Waals surface area contributed by atoms with Gasteiger partial charge >= 0.3 is 0 Å². The SMILES string of the molecule is Nc1cccc(Nc2nccc(-c3ccc(NC(=O)CN4CCSCC4)cc3)n2)c1. The molecule has 2 aromatic carbocycles. The van der Waals surface area contributed by atoms with Gasteiger partial charge in [0.1, 0.15) is 0 Å². The molecule has 0 radical (unpaired) electrons. The standard InChI is InChI=1S/C22H24N6OS/c23-17-2-1-3-19(14-17)26-22-24-9-8-20(27-22)16-4-6-18(7-5-16)25-21(29)15-28-10-12-30-13-11-28/h1-9,14H,10-13,15,23H2,(H,25,29)(H,24,26,27). The van der Waals surface area contributed by atoms with Gasteiger partial charge in [-0.05, 0) is 36.4 Å². The molecule has 1 saturated heterocycles. The van der Waals surface area contributed by atoms with Gasteiger partial charge in [-0.15, -0.1) is 0 Å². The fourth-order valence-corrected chi connectivity index (χ4v) is 4.19. The molecule has 0 saturated carbocycles. The van der Waals surface area contributed by atoms with E-state index in [1.807, 2.05) is 66.4 Å². The molecule has 1 aromatic heterocycles. The second-order valence-electron chi connectivity index (χ2n) is 7.03. The molecule has 1 aliphatic heterocycles. The van der Waals surface area contributed by atoms with Crippen molar-refractivity contribution < 1.29 is 4.79 Å². The maximum absolute atomic E-state index is 12.3. The summed E-state index contributed by atoms with van der Waals surface area (Å²) in [7, 11) is 0. The topological polar surface area (TPSA) is 96.2 Å². The molecule has 30 heavy (non-hydrogen) atoms. The largest absolute Gasteiger partial charge is 0.399 e. The van der Waals surface area contributed by atoms with E-state index >= 15 is 0 Å². The molecule has 0 aliphatic carbocycles. The molecule has 1 aliphatic rings. The van der Waals surface area contributed by atoms with Gasteiger partial charge in [0, 0.05) is 53.4 Å². The Kier molecular flexibility index (Phi) is 6.46. The van der Waals surface area contributed by atoms with E-state index in [9.17, 15) is 4.79 Å². The average Bonchev–Trinajstić information content (AvgIpc) is 2.75. The summed E-state index contributed by atoms with van der Waals surface area (Å²) in [6.07, 6.45) is 1.71. The van der Waals surface area contributed by atoms with Crippen molar-refractivity contribution in [3.05, 3.63) is 60.8 Å². The van der Waals surface area contributed by atoms with Crippen LogP contribution < -0.4 is 16.4 Å². The van der Waals surface area contributed by atoms with Gasteiger partial charge in [0.05, 0.1) is 12.2 Å². The Morgan fingerprint density at radius 1 is 1.07 bits per heavy atom. The van der Waals surface area contributed by atoms with Gasteiger partial charge in [0.2, 0.25) is 11.9 Å². The monoisotopic (exact) mass is 420 g/mol. The lowest BCUT2D eigenvalue weighted by Crippen LogP contribution is -2.38. The molecule has 1 fully saturated rings. The smallest absolute Gasteiger partial charge is 0.238 e. The number of carbonyl (C=O) groups is 1. The zero-order valence-electron chi connectivity index (χ0n) is 16.5. The molecule has 4 rings (SSSR count). The van der Waals surface area contributed by atoms with Gasteiger partial charge in [-0.25, -0.2) is 9.97 Å². The van der Waals surface area contributed by atoms with Crippen molar-refractivity contribution >= 4 is 40.7 Å². The lowest BCUT2D eigenvalue weighted by Gasteiger charge is -2.25. The van der Waals surface area contributed by atoms with Crippen molar-refractivity contribution in [3.63, 3.8) is 0 Å². The highest BCUT2D eigenvalue weighted by Gasteiger charge is 2.14. The van der Waals surface area contributed by atoms with Gasteiger partial charge in [0.15, 0.2) is 0 Å². The summed E-state index contributed by atoms with van der Waals surface area (Å²) in [5.74, 6) is 2.70. The first-order valence-electron chi connectivity index (χ1n) is 9.82. The van der Waals surface area contributed by atoms with E-state index in [2.05, 4.69) is 25.5 Å². The van der Waals surface area contributed by atoms with E-state index in [1.165, 1.54) is 0 Å². The van der Waals surface area contributed by atoms with Crippen molar-refractivity contribution in [1.29, 1.82) is 0 Å². The first kappa shape index (κ1) is 20.2. The molecule has 2 heterocycles. The number of hydrogen-bond acceptors (Lipinski definition) is 7. The Hall–Kier alpha value is -3.10. The third-order valence-corrected chi connectivity index (χ3v) is 5.68. The predicted octanol–water partition coefficient (Wildman–Crippen LogP) is 3.46. The first-order valence-corrected chi connectivity index (χ1v) is 11.0. The van der Waals surface area contributed by atoms with Crippen LogP contribution >= 0.6 is 11.8 Å². The average molecular weight is 421 g/mol. The molecule has 8 heteroatoms. The minimum Gasteiger partial charge on any atom is -0.399 e. The van der Waals surface area contributed by atoms with Crippen LogP contribution in [0.15, 0.2) is 60.8 Å². The normalized spacial score (nSPS) is 14.3. The summed E-state index contributed by atoms with van der Waals surface area (Å²) in [6, 6.07) is 17.0. The fraction of sp³-hybridized carbons (Fsp3) is 0.227. The molecule has 0 bridgehead atoms. The third kappa shape index (κ3) is 5.49. The molecule has 4 N–H and O–H groups in total. The molecular weight excluding hydrogens is 396 g/mol. The Labute approximate surface area is 180 Å². The number of nitrogens with zero attached hydrogens (tertiary/aromatic N) is 3. The van der Waals surface area contributed by atoms with Crippen LogP contribution in [0.5, 0.6) is 0 Å². The molecule has 154 valence electrons. The van der Waals surface area contributed by atoms with Crippen molar-refractivity contribution in [2.45, 2.75) is 0 Å². The highest BCUT2D eigenvalue weighted by Crippen LogP contribution is 2.22. The highest BCUT2D eigenvalue weighted by molar-refractivity contribution is 7.99. The Morgan fingerprint density at radius 3 is 2.63 bits per heavy atom. The number of nitrogens with one attached hydrogen (secondary N) is 2. The van der Waals surface area contributed by atoms with Crippen LogP contribution in [0.4, 0.5) is 23.0 Å². The summed E-state index contributed by atoms with van der Waals surface area (Å²) < 4.78 is 0. The summed E-state index contributed by atoms with van der Waals surface area (Å²) in [4.78, 5) is 23.3. The van der Waals surface area contributed by atoms with Crippen molar-refractivity contribution in [1.82, 2.24) is 14.9 Å². The summed E-state index contributed by atoms with van der Waals surface area (Å²) in [6.45, 7) is 2.38. The highest BCUT2D eigenvalue weighted by atomic mass is 32.2. The van der Waals surface area contributed by atoms with E-state index < -0.39 is 0 Å². The van der Waals surface area contributed by atoms with Gasteiger partial charge < -0.3 is 16.4 Å². The van der Waals surface area contributed by atoms with E-state index in [0.29, 0.717) is 18.2 Å². The number of aromatic nitrogens is 2. The van der Waals surface area contributed by atoms with E-state index in [-0.39, 0.29) is 5.91 Å². The summed E-state index contributed by atoms with van der Waals surface area (Å²) in [5.41, 5.74) is 9.84. The summed E-state index contributed by atoms with van der Waals surface area (Å²) >= 11 is 1.94. The maximum atomic E-state index is 12.3. The van der Waals surface area contributed by atoms with Crippen LogP contribution in [-0.2, 0) is 4.79 Å². The third-order valence-electron chi connectivity index (χ3n) is 4.73.